The molecule has 6 nitrogen and oxygen atoms in total. The summed E-state index contributed by atoms with van der Waals surface area (Å²) >= 11 is 0. The van der Waals surface area contributed by atoms with Crippen LogP contribution in [0, 0.1) is 17.5 Å². The van der Waals surface area contributed by atoms with Crippen molar-refractivity contribution < 1.29 is 27.9 Å². The molecule has 1 fully saturated rings. The standard InChI is InChI=1S/C15H11F3N2O4/c1-5(21)19-12-8-13(11(18)9(16)10(12)17)20(6-2-3-6)4-7(14(8)22)15(23)24/h4,6H,2-3H2,1H3,(H,19,21)(H,23,24). The molecule has 0 unspecified atom stereocenters. The molecule has 0 saturated heterocycles. The van der Waals surface area contributed by atoms with Gasteiger partial charge in [0.05, 0.1) is 16.6 Å². The minimum atomic E-state index is -1.84. The van der Waals surface area contributed by atoms with E-state index >= 15 is 0 Å². The molecular weight excluding hydrogens is 329 g/mol. The summed E-state index contributed by atoms with van der Waals surface area (Å²) in [6.45, 7) is 0.993. The van der Waals surface area contributed by atoms with Gasteiger partial charge in [-0.3, -0.25) is 9.59 Å². The van der Waals surface area contributed by atoms with E-state index in [9.17, 15) is 27.6 Å². The summed E-state index contributed by atoms with van der Waals surface area (Å²) in [6.07, 6.45) is 2.07. The lowest BCUT2D eigenvalue weighted by molar-refractivity contribution is -0.114. The van der Waals surface area contributed by atoms with Gasteiger partial charge in [-0.2, -0.15) is 0 Å². The number of nitrogens with one attached hydrogen (secondary N) is 1. The number of fused-ring (bicyclic) bond motifs is 1. The molecule has 1 saturated carbocycles. The Bertz CT molecular complexity index is 964. The van der Waals surface area contributed by atoms with Gasteiger partial charge < -0.3 is 15.0 Å². The molecule has 0 aliphatic heterocycles. The van der Waals surface area contributed by atoms with Crippen LogP contribution < -0.4 is 10.7 Å². The lowest BCUT2D eigenvalue weighted by atomic mass is 10.1. The average Bonchev–Trinajstić information content (AvgIpc) is 3.33. The van der Waals surface area contributed by atoms with Crippen molar-refractivity contribution in [2.24, 2.45) is 0 Å². The summed E-state index contributed by atoms with van der Waals surface area (Å²) in [5.74, 6) is -7.60. The number of benzene rings is 1. The number of carboxylic acids is 1. The van der Waals surface area contributed by atoms with E-state index in [1.807, 2.05) is 5.32 Å². The summed E-state index contributed by atoms with van der Waals surface area (Å²) in [7, 11) is 0. The van der Waals surface area contributed by atoms with Gasteiger partial charge in [-0.1, -0.05) is 0 Å². The van der Waals surface area contributed by atoms with Crippen LogP contribution in [0.25, 0.3) is 10.9 Å². The van der Waals surface area contributed by atoms with Crippen LogP contribution in [-0.4, -0.2) is 21.6 Å². The Labute approximate surface area is 132 Å². The Morgan fingerprint density at radius 2 is 1.83 bits per heavy atom. The van der Waals surface area contributed by atoms with Gasteiger partial charge in [0.15, 0.2) is 17.5 Å². The number of carbonyl (C=O) groups is 2. The zero-order valence-corrected chi connectivity index (χ0v) is 12.3. The van der Waals surface area contributed by atoms with Crippen LogP contribution in [0.1, 0.15) is 36.2 Å². The van der Waals surface area contributed by atoms with Crippen LogP contribution in [0.5, 0.6) is 0 Å². The first-order valence-electron chi connectivity index (χ1n) is 7.00. The van der Waals surface area contributed by atoms with Crippen LogP contribution in [0.3, 0.4) is 0 Å². The molecule has 1 aliphatic rings. The predicted molar refractivity (Wildman–Crippen MR) is 77.6 cm³/mol. The lowest BCUT2D eigenvalue weighted by Gasteiger charge is -2.16. The molecule has 2 N–H and O–H groups in total. The average molecular weight is 340 g/mol. The molecule has 1 amide bonds. The van der Waals surface area contributed by atoms with Crippen molar-refractivity contribution in [2.75, 3.05) is 5.32 Å². The van der Waals surface area contributed by atoms with E-state index in [0.29, 0.717) is 12.8 Å². The SMILES string of the molecule is CC(=O)Nc1c(F)c(F)c(F)c2c1c(=O)c(C(=O)O)cn2C1CC1. The molecule has 2 aromatic rings. The minimum Gasteiger partial charge on any atom is -0.477 e. The zero-order valence-electron chi connectivity index (χ0n) is 12.3. The number of amides is 1. The highest BCUT2D eigenvalue weighted by atomic mass is 19.2. The topological polar surface area (TPSA) is 88.4 Å². The van der Waals surface area contributed by atoms with Crippen molar-refractivity contribution in [3.05, 3.63) is 39.4 Å². The van der Waals surface area contributed by atoms with E-state index in [2.05, 4.69) is 0 Å². The molecular formula is C15H11F3N2O4. The van der Waals surface area contributed by atoms with Crippen molar-refractivity contribution in [2.45, 2.75) is 25.8 Å². The van der Waals surface area contributed by atoms with Crippen LogP contribution in [0.2, 0.25) is 0 Å². The van der Waals surface area contributed by atoms with Gasteiger partial charge in [0.1, 0.15) is 5.56 Å². The van der Waals surface area contributed by atoms with Gasteiger partial charge in [-0.05, 0) is 12.8 Å². The number of carboxylic acid groups (broad SMARTS) is 1. The highest BCUT2D eigenvalue weighted by Gasteiger charge is 2.32. The van der Waals surface area contributed by atoms with Gasteiger partial charge in [0.2, 0.25) is 11.3 Å². The van der Waals surface area contributed by atoms with E-state index in [4.69, 9.17) is 5.11 Å². The number of anilines is 1. The van der Waals surface area contributed by atoms with Crippen molar-refractivity contribution in [3.63, 3.8) is 0 Å². The fraction of sp³-hybridized carbons (Fsp3) is 0.267. The molecule has 0 spiro atoms. The molecule has 0 atom stereocenters. The third-order valence-corrected chi connectivity index (χ3v) is 3.77. The van der Waals surface area contributed by atoms with Gasteiger partial charge in [0, 0.05) is 19.2 Å². The Morgan fingerprint density at radius 1 is 1.21 bits per heavy atom. The number of carbonyl (C=O) groups excluding carboxylic acids is 1. The van der Waals surface area contributed by atoms with Gasteiger partial charge in [-0.25, -0.2) is 18.0 Å². The highest BCUT2D eigenvalue weighted by Crippen LogP contribution is 2.39. The zero-order chi connectivity index (χ0) is 17.8. The van der Waals surface area contributed by atoms with E-state index in [1.165, 1.54) is 0 Å². The van der Waals surface area contributed by atoms with Crippen molar-refractivity contribution in [1.82, 2.24) is 4.57 Å². The molecule has 1 aromatic carbocycles. The Hall–Kier alpha value is -2.84. The minimum absolute atomic E-state index is 0.323. The summed E-state index contributed by atoms with van der Waals surface area (Å²) in [5.41, 5.74) is -3.34. The number of aromatic carboxylic acids is 1. The number of hydrogen-bond donors (Lipinski definition) is 2. The number of pyridine rings is 1. The quantitative estimate of drug-likeness (QED) is 0.840. The first kappa shape index (κ1) is 16.0. The summed E-state index contributed by atoms with van der Waals surface area (Å²) in [5, 5.41) is 10.4. The first-order chi connectivity index (χ1) is 11.2. The smallest absolute Gasteiger partial charge is 0.341 e. The van der Waals surface area contributed by atoms with Gasteiger partial charge >= 0.3 is 5.97 Å². The third-order valence-electron chi connectivity index (χ3n) is 3.77. The number of nitrogens with zero attached hydrogens (tertiary/aromatic N) is 1. The molecule has 1 heterocycles. The summed E-state index contributed by atoms with van der Waals surface area (Å²) < 4.78 is 43.4. The van der Waals surface area contributed by atoms with Crippen LogP contribution in [0.4, 0.5) is 18.9 Å². The summed E-state index contributed by atoms with van der Waals surface area (Å²) in [4.78, 5) is 34.9. The van der Waals surface area contributed by atoms with Gasteiger partial charge in [0.25, 0.3) is 0 Å². The fourth-order valence-corrected chi connectivity index (χ4v) is 2.59. The molecule has 1 aromatic heterocycles. The van der Waals surface area contributed by atoms with Crippen molar-refractivity contribution in [1.29, 1.82) is 0 Å². The third kappa shape index (κ3) is 2.32. The molecule has 9 heteroatoms. The maximum Gasteiger partial charge on any atom is 0.341 e. The number of halogens is 3. The van der Waals surface area contributed by atoms with Crippen LogP contribution in [-0.2, 0) is 4.79 Å². The summed E-state index contributed by atoms with van der Waals surface area (Å²) in [6, 6.07) is -0.323. The predicted octanol–water partition coefficient (Wildman–Crippen LogP) is 2.41. The molecule has 126 valence electrons. The maximum absolute atomic E-state index is 14.3. The van der Waals surface area contributed by atoms with Crippen LogP contribution in [0.15, 0.2) is 11.0 Å². The number of hydrogen-bond acceptors (Lipinski definition) is 3. The Balaban J connectivity index is 2.56. The normalized spacial score (nSPS) is 14.0. The number of aromatic nitrogens is 1. The lowest BCUT2D eigenvalue weighted by Crippen LogP contribution is -2.23. The van der Waals surface area contributed by atoms with Gasteiger partial charge in [-0.15, -0.1) is 0 Å². The van der Waals surface area contributed by atoms with E-state index in [1.54, 1.807) is 0 Å². The second kappa shape index (κ2) is 5.36. The second-order valence-electron chi connectivity index (χ2n) is 5.54. The fourth-order valence-electron chi connectivity index (χ4n) is 2.59. The molecule has 0 bridgehead atoms. The molecule has 24 heavy (non-hydrogen) atoms. The molecule has 0 radical (unpaired) electrons. The monoisotopic (exact) mass is 340 g/mol. The first-order valence-corrected chi connectivity index (χ1v) is 7.00. The largest absolute Gasteiger partial charge is 0.477 e. The molecule has 3 rings (SSSR count). The van der Waals surface area contributed by atoms with E-state index < -0.39 is 56.9 Å². The van der Waals surface area contributed by atoms with Crippen molar-refractivity contribution >= 4 is 28.5 Å². The van der Waals surface area contributed by atoms with Crippen LogP contribution >= 0.6 is 0 Å². The Morgan fingerprint density at radius 3 is 2.33 bits per heavy atom. The highest BCUT2D eigenvalue weighted by molar-refractivity contribution is 6.03. The number of rotatable bonds is 3. The second-order valence-corrected chi connectivity index (χ2v) is 5.54. The molecule has 1 aliphatic carbocycles. The van der Waals surface area contributed by atoms with E-state index in [0.717, 1.165) is 17.7 Å². The van der Waals surface area contributed by atoms with E-state index in [-0.39, 0.29) is 6.04 Å². The van der Waals surface area contributed by atoms with Crippen molar-refractivity contribution in [3.8, 4) is 0 Å². The Kier molecular flexibility index (Phi) is 3.58. The maximum atomic E-state index is 14.3.